The third-order valence-electron chi connectivity index (χ3n) is 3.65. The number of carbonyl (C=O) groups excluding carboxylic acids is 1. The zero-order valence-corrected chi connectivity index (χ0v) is 11.2. The molecule has 0 spiro atoms. The monoisotopic (exact) mass is 261 g/mol. The summed E-state index contributed by atoms with van der Waals surface area (Å²) >= 11 is 0. The summed E-state index contributed by atoms with van der Waals surface area (Å²) in [5.74, 6) is -1.39. The van der Waals surface area contributed by atoms with Crippen LogP contribution in [0.3, 0.4) is 0 Å². The highest BCUT2D eigenvalue weighted by Gasteiger charge is 2.31. The lowest BCUT2D eigenvalue weighted by Crippen LogP contribution is -2.46. The number of fused-ring (bicyclic) bond motifs is 1. The number of amides is 1. The molecule has 0 fully saturated rings. The van der Waals surface area contributed by atoms with Crippen LogP contribution in [-0.2, 0) is 22.4 Å². The zero-order valence-electron chi connectivity index (χ0n) is 11.2. The smallest absolute Gasteiger partial charge is 0.326 e. The number of aliphatic carboxylic acids is 1. The summed E-state index contributed by atoms with van der Waals surface area (Å²) in [6.07, 6.45) is 1.40. The van der Waals surface area contributed by atoms with Gasteiger partial charge in [-0.25, -0.2) is 4.79 Å². The number of benzene rings is 1. The van der Waals surface area contributed by atoms with Gasteiger partial charge in [-0.2, -0.15) is 0 Å². The summed E-state index contributed by atoms with van der Waals surface area (Å²) in [5, 5.41) is 11.7. The molecule has 1 amide bonds. The van der Waals surface area contributed by atoms with E-state index in [1.54, 1.807) is 13.8 Å². The van der Waals surface area contributed by atoms with E-state index in [1.165, 1.54) is 11.1 Å². The van der Waals surface area contributed by atoms with Crippen LogP contribution in [0.2, 0.25) is 0 Å². The molecule has 1 unspecified atom stereocenters. The van der Waals surface area contributed by atoms with Crippen molar-refractivity contribution in [3.63, 3.8) is 0 Å². The zero-order chi connectivity index (χ0) is 14.0. The van der Waals surface area contributed by atoms with Gasteiger partial charge in [0, 0.05) is 5.92 Å². The molecule has 0 heterocycles. The van der Waals surface area contributed by atoms with Crippen LogP contribution in [0.5, 0.6) is 0 Å². The predicted octanol–water partition coefficient (Wildman–Crippen LogP) is 1.63. The first-order valence-corrected chi connectivity index (χ1v) is 6.59. The van der Waals surface area contributed by atoms with Crippen LogP contribution in [0.25, 0.3) is 0 Å². The van der Waals surface area contributed by atoms with E-state index in [2.05, 4.69) is 5.32 Å². The molecule has 0 aliphatic heterocycles. The maximum Gasteiger partial charge on any atom is 0.326 e. The lowest BCUT2D eigenvalue weighted by Gasteiger charge is -2.20. The van der Waals surface area contributed by atoms with Crippen LogP contribution in [0.4, 0.5) is 0 Å². The Kier molecular flexibility index (Phi) is 3.88. The van der Waals surface area contributed by atoms with E-state index < -0.39 is 12.0 Å². The first kappa shape index (κ1) is 13.6. The van der Waals surface area contributed by atoms with Gasteiger partial charge in [0.15, 0.2) is 0 Å². The van der Waals surface area contributed by atoms with Gasteiger partial charge in [-0.15, -0.1) is 0 Å². The van der Waals surface area contributed by atoms with Gasteiger partial charge in [0.2, 0.25) is 5.91 Å². The second-order valence-electron chi connectivity index (χ2n) is 5.44. The molecule has 1 aliphatic carbocycles. The number of carboxylic acid groups (broad SMARTS) is 1. The Hall–Kier alpha value is -1.84. The molecule has 1 aromatic rings. The highest BCUT2D eigenvalue weighted by atomic mass is 16.4. The molecule has 4 heteroatoms. The minimum absolute atomic E-state index is 0.120. The van der Waals surface area contributed by atoms with Crippen molar-refractivity contribution in [2.75, 3.05) is 0 Å². The van der Waals surface area contributed by atoms with Crippen LogP contribution in [0.15, 0.2) is 24.3 Å². The third-order valence-corrected chi connectivity index (χ3v) is 3.65. The fraction of sp³-hybridized carbons (Fsp3) is 0.467. The van der Waals surface area contributed by atoms with Crippen molar-refractivity contribution >= 4 is 11.9 Å². The van der Waals surface area contributed by atoms with Gasteiger partial charge in [-0.1, -0.05) is 38.1 Å². The molecule has 102 valence electrons. The minimum atomic E-state index is -0.973. The highest BCUT2D eigenvalue weighted by Crippen LogP contribution is 2.26. The van der Waals surface area contributed by atoms with Crippen molar-refractivity contribution in [3.05, 3.63) is 35.4 Å². The van der Waals surface area contributed by atoms with E-state index in [4.69, 9.17) is 5.11 Å². The molecule has 2 N–H and O–H groups in total. The normalized spacial score (nSPS) is 16.2. The number of nitrogens with one attached hydrogen (secondary N) is 1. The molecular formula is C15H19NO3. The summed E-state index contributed by atoms with van der Waals surface area (Å²) in [6.45, 7) is 3.59. The van der Waals surface area contributed by atoms with Crippen LogP contribution in [-0.4, -0.2) is 23.0 Å². The first-order valence-electron chi connectivity index (χ1n) is 6.59. The average molecular weight is 261 g/mol. The van der Waals surface area contributed by atoms with Crippen LogP contribution in [0, 0.1) is 11.8 Å². The van der Waals surface area contributed by atoms with Crippen LogP contribution < -0.4 is 5.32 Å². The fourth-order valence-electron chi connectivity index (χ4n) is 2.53. The molecule has 0 saturated heterocycles. The predicted molar refractivity (Wildman–Crippen MR) is 71.7 cm³/mol. The summed E-state index contributed by atoms with van der Waals surface area (Å²) in [4.78, 5) is 23.3. The Labute approximate surface area is 112 Å². The quantitative estimate of drug-likeness (QED) is 0.865. The summed E-state index contributed by atoms with van der Waals surface area (Å²) in [5.41, 5.74) is 2.39. The van der Waals surface area contributed by atoms with Gasteiger partial charge in [0.25, 0.3) is 0 Å². The Balaban J connectivity index is 2.01. The van der Waals surface area contributed by atoms with Gasteiger partial charge < -0.3 is 10.4 Å². The molecule has 2 rings (SSSR count). The molecule has 1 atom stereocenters. The molecule has 19 heavy (non-hydrogen) atoms. The summed E-state index contributed by atoms with van der Waals surface area (Å²) in [7, 11) is 0. The molecule has 0 saturated carbocycles. The van der Waals surface area contributed by atoms with Gasteiger partial charge in [0.1, 0.15) is 6.04 Å². The number of hydrogen-bond donors (Lipinski definition) is 2. The number of rotatable bonds is 4. The lowest BCUT2D eigenvalue weighted by atomic mass is 10.0. The molecule has 0 aromatic heterocycles. The van der Waals surface area contributed by atoms with E-state index in [9.17, 15) is 9.59 Å². The van der Waals surface area contributed by atoms with Crippen molar-refractivity contribution in [1.82, 2.24) is 5.32 Å². The number of carboxylic acids is 1. The van der Waals surface area contributed by atoms with Gasteiger partial charge in [-0.3, -0.25) is 4.79 Å². The summed E-state index contributed by atoms with van der Waals surface area (Å²) in [6, 6.07) is 7.18. The first-order chi connectivity index (χ1) is 8.99. The molecule has 1 aliphatic rings. The van der Waals surface area contributed by atoms with E-state index in [0.717, 1.165) is 0 Å². The topological polar surface area (TPSA) is 66.4 Å². The maximum atomic E-state index is 12.2. The second kappa shape index (κ2) is 5.43. The number of carbonyl (C=O) groups is 2. The number of hydrogen-bond acceptors (Lipinski definition) is 2. The largest absolute Gasteiger partial charge is 0.480 e. The van der Waals surface area contributed by atoms with Crippen molar-refractivity contribution in [2.45, 2.75) is 32.7 Å². The highest BCUT2D eigenvalue weighted by molar-refractivity contribution is 5.86. The van der Waals surface area contributed by atoms with E-state index in [1.807, 2.05) is 24.3 Å². The van der Waals surface area contributed by atoms with Gasteiger partial charge in [0.05, 0.1) is 0 Å². The standard InChI is InChI=1S/C15H19NO3/c1-9(2)13(15(18)19)16-14(17)12-7-10-5-3-4-6-11(10)8-12/h3-6,9,12-13H,7-8H2,1-2H3,(H,16,17)(H,18,19). The van der Waals surface area contributed by atoms with E-state index in [-0.39, 0.29) is 17.7 Å². The van der Waals surface area contributed by atoms with Crippen LogP contribution >= 0.6 is 0 Å². The Bertz CT molecular complexity index is 471. The second-order valence-corrected chi connectivity index (χ2v) is 5.44. The fourth-order valence-corrected chi connectivity index (χ4v) is 2.53. The minimum Gasteiger partial charge on any atom is -0.480 e. The maximum absolute atomic E-state index is 12.2. The Morgan fingerprint density at radius 2 is 1.74 bits per heavy atom. The van der Waals surface area contributed by atoms with Crippen LogP contribution in [0.1, 0.15) is 25.0 Å². The Morgan fingerprint density at radius 3 is 2.16 bits per heavy atom. The molecule has 4 nitrogen and oxygen atoms in total. The van der Waals surface area contributed by atoms with Crippen molar-refractivity contribution in [2.24, 2.45) is 11.8 Å². The lowest BCUT2D eigenvalue weighted by molar-refractivity contribution is -0.143. The van der Waals surface area contributed by atoms with Crippen molar-refractivity contribution < 1.29 is 14.7 Å². The average Bonchev–Trinajstić information content (AvgIpc) is 2.78. The Morgan fingerprint density at radius 1 is 1.21 bits per heavy atom. The molecular weight excluding hydrogens is 242 g/mol. The molecule has 1 aromatic carbocycles. The third kappa shape index (κ3) is 2.95. The van der Waals surface area contributed by atoms with E-state index in [0.29, 0.717) is 12.8 Å². The SMILES string of the molecule is CC(C)C(NC(=O)C1Cc2ccccc2C1)C(=O)O. The van der Waals surface area contributed by atoms with Crippen molar-refractivity contribution in [3.8, 4) is 0 Å². The van der Waals surface area contributed by atoms with E-state index >= 15 is 0 Å². The summed E-state index contributed by atoms with van der Waals surface area (Å²) < 4.78 is 0. The van der Waals surface area contributed by atoms with Crippen molar-refractivity contribution in [1.29, 1.82) is 0 Å². The van der Waals surface area contributed by atoms with Gasteiger partial charge >= 0.3 is 5.97 Å². The van der Waals surface area contributed by atoms with Gasteiger partial charge in [-0.05, 0) is 29.9 Å². The molecule has 0 radical (unpaired) electrons. The molecule has 0 bridgehead atoms.